The lowest BCUT2D eigenvalue weighted by atomic mass is 9.88. The minimum atomic E-state index is -0.293. The largest absolute Gasteiger partial charge is 0.334 e. The van der Waals surface area contributed by atoms with E-state index < -0.39 is 0 Å². The van der Waals surface area contributed by atoms with E-state index in [0.717, 1.165) is 61.0 Å². The van der Waals surface area contributed by atoms with E-state index in [1.54, 1.807) is 11.3 Å². The molecule has 140 valence electrons. The van der Waals surface area contributed by atoms with E-state index in [9.17, 15) is 9.59 Å². The van der Waals surface area contributed by atoms with Crippen LogP contribution in [-0.4, -0.2) is 26.7 Å². The Bertz CT molecular complexity index is 890. The molecule has 0 bridgehead atoms. The molecule has 4 rings (SSSR count). The molecule has 2 amide bonds. The number of aldehydes is 1. The van der Waals surface area contributed by atoms with Gasteiger partial charge in [0.2, 0.25) is 0 Å². The number of aryl methyl sites for hydroxylation is 1. The van der Waals surface area contributed by atoms with Gasteiger partial charge in [0.05, 0.1) is 5.56 Å². The Balaban J connectivity index is 1.45. The topological polar surface area (TPSA) is 70.2 Å². The molecule has 1 atom stereocenters. The molecule has 0 aromatic carbocycles. The van der Waals surface area contributed by atoms with Gasteiger partial charge in [-0.3, -0.25) is 10.1 Å². The number of urea groups is 1. The van der Waals surface area contributed by atoms with E-state index in [1.165, 1.54) is 26.7 Å². The van der Waals surface area contributed by atoms with E-state index in [0.29, 0.717) is 23.0 Å². The van der Waals surface area contributed by atoms with Crippen LogP contribution in [0.2, 0.25) is 0 Å². The standard InChI is InChI=1S/C19H22BN3O2S2/c1-10-2-3-15-12(6-10)14(9-24)18(27-15)23-19(25)22-7-13-11-4-5-21-8-16(11)26-17(13)20/h9-10,21H,2-8H2,1H3,(H2,22,23,25). The summed E-state index contributed by atoms with van der Waals surface area (Å²) in [6, 6.07) is -0.293. The van der Waals surface area contributed by atoms with Crippen molar-refractivity contribution in [3.63, 3.8) is 0 Å². The summed E-state index contributed by atoms with van der Waals surface area (Å²) in [5.41, 5.74) is 4.06. The third-order valence-corrected chi connectivity index (χ3v) is 7.71. The zero-order chi connectivity index (χ0) is 19.0. The molecule has 0 fully saturated rings. The predicted molar refractivity (Wildman–Crippen MR) is 112 cm³/mol. The van der Waals surface area contributed by atoms with Crippen molar-refractivity contribution in [2.24, 2.45) is 5.92 Å². The summed E-state index contributed by atoms with van der Waals surface area (Å²) in [4.78, 5) is 26.6. The molecule has 0 spiro atoms. The maximum Gasteiger partial charge on any atom is 0.320 e. The quantitative estimate of drug-likeness (QED) is 0.547. The van der Waals surface area contributed by atoms with E-state index in [4.69, 9.17) is 7.85 Å². The predicted octanol–water partition coefficient (Wildman–Crippen LogP) is 2.51. The maximum absolute atomic E-state index is 12.5. The fraction of sp³-hybridized carbons (Fsp3) is 0.474. The van der Waals surface area contributed by atoms with Crippen LogP contribution in [-0.2, 0) is 32.4 Å². The van der Waals surface area contributed by atoms with E-state index >= 15 is 0 Å². The molecule has 0 saturated carbocycles. The normalized spacial score (nSPS) is 18.5. The number of rotatable bonds is 4. The van der Waals surface area contributed by atoms with E-state index in [2.05, 4.69) is 22.9 Å². The summed E-state index contributed by atoms with van der Waals surface area (Å²) >= 11 is 3.13. The number of nitrogens with one attached hydrogen (secondary N) is 3. The van der Waals surface area contributed by atoms with Crippen molar-refractivity contribution in [3.8, 4) is 0 Å². The number of hydrogen-bond acceptors (Lipinski definition) is 5. The second-order valence-electron chi connectivity index (χ2n) is 7.29. The van der Waals surface area contributed by atoms with Gasteiger partial charge in [-0.2, -0.15) is 11.3 Å². The highest BCUT2D eigenvalue weighted by Crippen LogP contribution is 2.38. The van der Waals surface area contributed by atoms with Gasteiger partial charge in [0.15, 0.2) is 6.29 Å². The maximum atomic E-state index is 12.5. The van der Waals surface area contributed by atoms with Crippen LogP contribution in [0.3, 0.4) is 0 Å². The smallest absolute Gasteiger partial charge is 0.320 e. The summed E-state index contributed by atoms with van der Waals surface area (Å²) in [5.74, 6) is 0.578. The van der Waals surface area contributed by atoms with Crippen molar-refractivity contribution in [1.29, 1.82) is 0 Å². The van der Waals surface area contributed by atoms with Gasteiger partial charge < -0.3 is 10.6 Å². The minimum Gasteiger partial charge on any atom is -0.334 e. The van der Waals surface area contributed by atoms with E-state index in [-0.39, 0.29) is 6.03 Å². The highest BCUT2D eigenvalue weighted by atomic mass is 32.1. The molecular weight excluding hydrogens is 377 g/mol. The highest BCUT2D eigenvalue weighted by Gasteiger charge is 2.25. The number of carbonyl (C=O) groups is 2. The lowest BCUT2D eigenvalue weighted by molar-refractivity contribution is 0.112. The molecule has 3 heterocycles. The molecule has 2 aromatic rings. The second kappa shape index (κ2) is 7.77. The van der Waals surface area contributed by atoms with Crippen LogP contribution >= 0.6 is 22.7 Å². The average molecular weight is 399 g/mol. The fourth-order valence-electron chi connectivity index (χ4n) is 3.93. The Labute approximate surface area is 168 Å². The third kappa shape index (κ3) is 3.70. The molecule has 1 aliphatic carbocycles. The summed E-state index contributed by atoms with van der Waals surface area (Å²) in [6.07, 6.45) is 4.84. The van der Waals surface area contributed by atoms with Crippen LogP contribution in [0.5, 0.6) is 0 Å². The molecule has 2 aromatic heterocycles. The Hall–Kier alpha value is -1.64. The zero-order valence-electron chi connectivity index (χ0n) is 15.3. The molecule has 3 N–H and O–H groups in total. The van der Waals surface area contributed by atoms with Crippen molar-refractivity contribution in [2.75, 3.05) is 11.9 Å². The van der Waals surface area contributed by atoms with Crippen LogP contribution < -0.4 is 20.7 Å². The minimum absolute atomic E-state index is 0.293. The number of carbonyl (C=O) groups excluding carboxylic acids is 2. The number of anilines is 1. The zero-order valence-corrected chi connectivity index (χ0v) is 16.9. The van der Waals surface area contributed by atoms with Crippen LogP contribution in [0.15, 0.2) is 0 Å². The second-order valence-corrected chi connectivity index (χ2v) is 9.54. The van der Waals surface area contributed by atoms with Gasteiger partial charge >= 0.3 is 6.03 Å². The number of fused-ring (bicyclic) bond motifs is 2. The first-order valence-electron chi connectivity index (χ1n) is 9.31. The van der Waals surface area contributed by atoms with Gasteiger partial charge in [0, 0.05) is 22.8 Å². The molecule has 27 heavy (non-hydrogen) atoms. The Morgan fingerprint density at radius 1 is 1.30 bits per heavy atom. The highest BCUT2D eigenvalue weighted by molar-refractivity contribution is 7.20. The van der Waals surface area contributed by atoms with Crippen molar-refractivity contribution in [2.45, 2.75) is 45.7 Å². The van der Waals surface area contributed by atoms with Gasteiger partial charge in [-0.15, -0.1) is 11.3 Å². The van der Waals surface area contributed by atoms with Crippen LogP contribution in [0.1, 0.15) is 50.1 Å². The molecule has 0 saturated heterocycles. The van der Waals surface area contributed by atoms with Gasteiger partial charge in [-0.05, 0) is 59.6 Å². The number of thiophene rings is 2. The summed E-state index contributed by atoms with van der Waals surface area (Å²) < 4.78 is 0.776. The SMILES string of the molecule is [B]c1sc2c(c1CNC(=O)Nc1sc3c(c1C=O)CC(C)CC3)CCNC2. The lowest BCUT2D eigenvalue weighted by Gasteiger charge is -2.17. The molecule has 2 radical (unpaired) electrons. The summed E-state index contributed by atoms with van der Waals surface area (Å²) in [5, 5.41) is 9.80. The van der Waals surface area contributed by atoms with Crippen molar-refractivity contribution in [3.05, 3.63) is 32.0 Å². The Kier molecular flexibility index (Phi) is 5.39. The van der Waals surface area contributed by atoms with Crippen LogP contribution in [0.4, 0.5) is 9.80 Å². The van der Waals surface area contributed by atoms with Gasteiger partial charge in [-0.25, -0.2) is 4.79 Å². The molecule has 8 heteroatoms. The third-order valence-electron chi connectivity index (χ3n) is 5.39. The molecule has 1 aliphatic heterocycles. The average Bonchev–Trinajstić information content (AvgIpc) is 3.15. The van der Waals surface area contributed by atoms with Gasteiger partial charge in [-0.1, -0.05) is 6.92 Å². The first kappa shape index (κ1) is 18.7. The lowest BCUT2D eigenvalue weighted by Crippen LogP contribution is -2.31. The molecule has 5 nitrogen and oxygen atoms in total. The summed E-state index contributed by atoms with van der Waals surface area (Å²) in [7, 11) is 6.16. The van der Waals surface area contributed by atoms with Crippen LogP contribution in [0.25, 0.3) is 0 Å². The number of amides is 2. The van der Waals surface area contributed by atoms with Crippen molar-refractivity contribution in [1.82, 2.24) is 10.6 Å². The molecular formula is C19H22BN3O2S2. The fourth-order valence-corrected chi connectivity index (χ4v) is 6.24. The Morgan fingerprint density at radius 2 is 2.15 bits per heavy atom. The van der Waals surface area contributed by atoms with Crippen molar-refractivity contribution < 1.29 is 9.59 Å². The van der Waals surface area contributed by atoms with Gasteiger partial charge in [0.25, 0.3) is 0 Å². The van der Waals surface area contributed by atoms with Gasteiger partial charge in [0.1, 0.15) is 12.8 Å². The Morgan fingerprint density at radius 3 is 2.96 bits per heavy atom. The van der Waals surface area contributed by atoms with E-state index in [1.807, 2.05) is 0 Å². The first-order chi connectivity index (χ1) is 13.1. The molecule has 2 aliphatic rings. The number of hydrogen-bond donors (Lipinski definition) is 3. The monoisotopic (exact) mass is 399 g/mol. The van der Waals surface area contributed by atoms with Crippen molar-refractivity contribution >= 4 is 52.6 Å². The molecule has 1 unspecified atom stereocenters. The summed E-state index contributed by atoms with van der Waals surface area (Å²) in [6.45, 7) is 4.39. The first-order valence-corrected chi connectivity index (χ1v) is 10.9. The van der Waals surface area contributed by atoms with Crippen LogP contribution in [0, 0.1) is 5.92 Å².